The van der Waals surface area contributed by atoms with Crippen molar-refractivity contribution < 1.29 is 17.6 Å². The van der Waals surface area contributed by atoms with Crippen LogP contribution in [0.25, 0.3) is 11.4 Å². The molecule has 16 heavy (non-hydrogen) atoms. The second-order valence-electron chi connectivity index (χ2n) is 2.93. The third-order valence-corrected chi connectivity index (χ3v) is 1.88. The van der Waals surface area contributed by atoms with Gasteiger partial charge in [0.05, 0.1) is 11.1 Å². The molecule has 8 heteroatoms. The van der Waals surface area contributed by atoms with E-state index in [4.69, 9.17) is 0 Å². The van der Waals surface area contributed by atoms with Crippen LogP contribution < -0.4 is 0 Å². The Hall–Kier alpha value is -1.99. The van der Waals surface area contributed by atoms with Gasteiger partial charge in [0.2, 0.25) is 5.82 Å². The van der Waals surface area contributed by atoms with Crippen molar-refractivity contribution in [2.75, 3.05) is 0 Å². The van der Waals surface area contributed by atoms with Crippen LogP contribution in [0.1, 0.15) is 5.56 Å². The lowest BCUT2D eigenvalue weighted by atomic mass is 10.1. The van der Waals surface area contributed by atoms with Gasteiger partial charge in [-0.1, -0.05) is 0 Å². The fourth-order valence-corrected chi connectivity index (χ4v) is 1.15. The third-order valence-electron chi connectivity index (χ3n) is 1.88. The summed E-state index contributed by atoms with van der Waals surface area (Å²) in [6, 6.07) is 2.01. The van der Waals surface area contributed by atoms with Crippen LogP contribution in [0.4, 0.5) is 17.6 Å². The topological polar surface area (TPSA) is 54.5 Å². The zero-order valence-electron chi connectivity index (χ0n) is 7.59. The van der Waals surface area contributed by atoms with E-state index in [9.17, 15) is 17.6 Å². The first kappa shape index (κ1) is 10.5. The molecule has 84 valence electrons. The Morgan fingerprint density at radius 3 is 2.50 bits per heavy atom. The molecule has 0 saturated carbocycles. The van der Waals surface area contributed by atoms with E-state index in [1.54, 1.807) is 0 Å². The number of alkyl halides is 3. The lowest BCUT2D eigenvalue weighted by molar-refractivity contribution is -0.137. The van der Waals surface area contributed by atoms with E-state index in [-0.39, 0.29) is 11.4 Å². The number of tetrazole rings is 1. The minimum absolute atomic E-state index is 0.219. The van der Waals surface area contributed by atoms with Gasteiger partial charge in [0.1, 0.15) is 5.82 Å². The summed E-state index contributed by atoms with van der Waals surface area (Å²) in [7, 11) is 0. The maximum atomic E-state index is 13.2. The predicted molar refractivity (Wildman–Crippen MR) is 44.6 cm³/mol. The first-order valence-corrected chi connectivity index (χ1v) is 4.09. The summed E-state index contributed by atoms with van der Waals surface area (Å²) in [4.78, 5) is 0. The van der Waals surface area contributed by atoms with Gasteiger partial charge in [-0.3, -0.25) is 0 Å². The number of hydrogen-bond donors (Lipinski definition) is 1. The second-order valence-corrected chi connectivity index (χ2v) is 2.93. The largest absolute Gasteiger partial charge is 0.416 e. The average Bonchev–Trinajstić information content (AvgIpc) is 2.69. The Labute approximate surface area is 86.3 Å². The van der Waals surface area contributed by atoms with E-state index in [1.165, 1.54) is 0 Å². The monoisotopic (exact) mass is 232 g/mol. The number of aromatic amines is 1. The standard InChI is InChI=1S/C8H4F4N4/c9-6-2-1-4(8(10,11)12)3-5(6)7-13-15-16-14-7/h1-3H,(H,13,14,15,16). The van der Waals surface area contributed by atoms with Crippen LogP contribution in [0.15, 0.2) is 18.2 Å². The molecule has 0 atom stereocenters. The molecule has 1 aromatic heterocycles. The number of benzene rings is 1. The highest BCUT2D eigenvalue weighted by atomic mass is 19.4. The maximum Gasteiger partial charge on any atom is 0.416 e. The maximum absolute atomic E-state index is 13.2. The molecule has 0 saturated heterocycles. The van der Waals surface area contributed by atoms with E-state index >= 15 is 0 Å². The van der Waals surface area contributed by atoms with Crippen molar-refractivity contribution in [2.45, 2.75) is 6.18 Å². The fourth-order valence-electron chi connectivity index (χ4n) is 1.15. The molecular weight excluding hydrogens is 228 g/mol. The molecule has 2 aromatic rings. The number of nitrogens with one attached hydrogen (secondary N) is 1. The number of halogens is 4. The SMILES string of the molecule is Fc1ccc(C(F)(F)F)cc1-c1nn[nH]n1. The molecule has 0 amide bonds. The van der Waals surface area contributed by atoms with Gasteiger partial charge in [-0.05, 0) is 23.4 Å². The van der Waals surface area contributed by atoms with Crippen molar-refractivity contribution in [3.05, 3.63) is 29.6 Å². The van der Waals surface area contributed by atoms with Crippen LogP contribution >= 0.6 is 0 Å². The molecule has 0 radical (unpaired) electrons. The molecule has 0 spiro atoms. The van der Waals surface area contributed by atoms with E-state index in [2.05, 4.69) is 20.6 Å². The number of hydrogen-bond acceptors (Lipinski definition) is 3. The highest BCUT2D eigenvalue weighted by Crippen LogP contribution is 2.32. The van der Waals surface area contributed by atoms with Crippen LogP contribution in [0.3, 0.4) is 0 Å². The second kappa shape index (κ2) is 3.54. The number of aromatic nitrogens is 4. The third kappa shape index (κ3) is 1.86. The number of H-pyrrole nitrogens is 1. The quantitative estimate of drug-likeness (QED) is 0.765. The summed E-state index contributed by atoms with van der Waals surface area (Å²) < 4.78 is 50.3. The van der Waals surface area contributed by atoms with Gasteiger partial charge in [0, 0.05) is 0 Å². The molecule has 0 unspecified atom stereocenters. The Balaban J connectivity index is 2.54. The molecule has 1 heterocycles. The molecule has 0 aliphatic heterocycles. The molecule has 0 fully saturated rings. The van der Waals surface area contributed by atoms with Crippen LogP contribution in [0, 0.1) is 5.82 Å². The highest BCUT2D eigenvalue weighted by Gasteiger charge is 2.31. The van der Waals surface area contributed by atoms with Gasteiger partial charge in [-0.15, -0.1) is 10.2 Å². The first-order chi connectivity index (χ1) is 7.48. The van der Waals surface area contributed by atoms with Crippen molar-refractivity contribution >= 4 is 0 Å². The summed E-state index contributed by atoms with van der Waals surface area (Å²) in [5.74, 6) is -1.06. The van der Waals surface area contributed by atoms with Gasteiger partial charge >= 0.3 is 6.18 Å². The smallest absolute Gasteiger partial charge is 0.206 e. The molecule has 0 bridgehead atoms. The van der Waals surface area contributed by atoms with Crippen LogP contribution in [0.2, 0.25) is 0 Å². The van der Waals surface area contributed by atoms with Crippen molar-refractivity contribution in [3.8, 4) is 11.4 Å². The minimum Gasteiger partial charge on any atom is -0.206 e. The summed E-state index contributed by atoms with van der Waals surface area (Å²) >= 11 is 0. The normalized spacial score (nSPS) is 11.8. The Morgan fingerprint density at radius 2 is 1.94 bits per heavy atom. The predicted octanol–water partition coefficient (Wildman–Crippen LogP) is 2.02. The summed E-state index contributed by atoms with van der Waals surface area (Å²) in [5, 5.41) is 12.0. The van der Waals surface area contributed by atoms with Gasteiger partial charge in [0.25, 0.3) is 0 Å². The van der Waals surface area contributed by atoms with Crippen LogP contribution in [-0.2, 0) is 6.18 Å². The van der Waals surface area contributed by atoms with Crippen molar-refractivity contribution in [1.29, 1.82) is 0 Å². The fraction of sp³-hybridized carbons (Fsp3) is 0.125. The molecule has 2 rings (SSSR count). The molecule has 0 aliphatic carbocycles. The van der Waals surface area contributed by atoms with Crippen molar-refractivity contribution in [1.82, 2.24) is 20.6 Å². The lowest BCUT2D eigenvalue weighted by Gasteiger charge is -2.07. The van der Waals surface area contributed by atoms with E-state index in [1.807, 2.05) is 0 Å². The van der Waals surface area contributed by atoms with Crippen LogP contribution in [-0.4, -0.2) is 20.6 Å². The lowest BCUT2D eigenvalue weighted by Crippen LogP contribution is -2.05. The van der Waals surface area contributed by atoms with Gasteiger partial charge in [0.15, 0.2) is 0 Å². The van der Waals surface area contributed by atoms with E-state index < -0.39 is 17.6 Å². The Morgan fingerprint density at radius 1 is 1.19 bits per heavy atom. The van der Waals surface area contributed by atoms with Crippen molar-refractivity contribution in [3.63, 3.8) is 0 Å². The molecule has 4 nitrogen and oxygen atoms in total. The average molecular weight is 232 g/mol. The zero-order chi connectivity index (χ0) is 11.8. The molecule has 1 aromatic carbocycles. The molecular formula is C8H4F4N4. The molecule has 1 N–H and O–H groups in total. The molecule has 0 aliphatic rings. The van der Waals surface area contributed by atoms with Crippen molar-refractivity contribution in [2.24, 2.45) is 0 Å². The highest BCUT2D eigenvalue weighted by molar-refractivity contribution is 5.56. The van der Waals surface area contributed by atoms with Gasteiger partial charge < -0.3 is 0 Å². The zero-order valence-corrected chi connectivity index (χ0v) is 7.59. The summed E-state index contributed by atoms with van der Waals surface area (Å²) in [6.45, 7) is 0. The minimum atomic E-state index is -4.54. The summed E-state index contributed by atoms with van der Waals surface area (Å²) in [6.07, 6.45) is -4.54. The van der Waals surface area contributed by atoms with Gasteiger partial charge in [-0.25, -0.2) is 4.39 Å². The van der Waals surface area contributed by atoms with Gasteiger partial charge in [-0.2, -0.15) is 18.4 Å². The Bertz CT molecular complexity index is 491. The van der Waals surface area contributed by atoms with E-state index in [0.717, 1.165) is 0 Å². The number of nitrogens with zero attached hydrogens (tertiary/aromatic N) is 3. The number of rotatable bonds is 1. The Kier molecular flexibility index (Phi) is 2.33. The van der Waals surface area contributed by atoms with Crippen LogP contribution in [0.5, 0.6) is 0 Å². The first-order valence-electron chi connectivity index (χ1n) is 4.09. The van der Waals surface area contributed by atoms with E-state index in [0.29, 0.717) is 18.2 Å². The summed E-state index contributed by atoms with van der Waals surface area (Å²) in [5.41, 5.74) is -1.31.